The van der Waals surface area contributed by atoms with Crippen LogP contribution in [-0.4, -0.2) is 15.6 Å². The predicted octanol–water partition coefficient (Wildman–Crippen LogP) is 5.51. The maximum absolute atomic E-state index is 12.7. The van der Waals surface area contributed by atoms with Crippen LogP contribution in [0.3, 0.4) is 0 Å². The molecular weight excluding hydrogens is 384 g/mol. The summed E-state index contributed by atoms with van der Waals surface area (Å²) in [6, 6.07) is 8.28. The summed E-state index contributed by atoms with van der Waals surface area (Å²) in [7, 11) is 0. The molecule has 1 fully saturated rings. The number of unbranched alkanes of at least 4 members (excludes halogenated alkanes) is 1. The van der Waals surface area contributed by atoms with Gasteiger partial charge in [0.15, 0.2) is 5.78 Å². The van der Waals surface area contributed by atoms with Gasteiger partial charge in [0.2, 0.25) is 5.12 Å². The third-order valence-electron chi connectivity index (χ3n) is 4.35. The lowest BCUT2D eigenvalue weighted by Gasteiger charge is -2.16. The highest BCUT2D eigenvalue weighted by Crippen LogP contribution is 2.43. The van der Waals surface area contributed by atoms with Crippen molar-refractivity contribution in [3.63, 3.8) is 0 Å². The Bertz CT molecular complexity index is 663. The summed E-state index contributed by atoms with van der Waals surface area (Å²) in [5.41, 5.74) is 2.22. The number of carbonyl (C=O) groups is 2. The molecule has 0 bridgehead atoms. The summed E-state index contributed by atoms with van der Waals surface area (Å²) in [6.45, 7) is 7.46. The highest BCUT2D eigenvalue weighted by atomic mass is 79.9. The monoisotopic (exact) mass is 406 g/mol. The summed E-state index contributed by atoms with van der Waals surface area (Å²) in [5.74, 6) is -0.416. The van der Waals surface area contributed by atoms with Crippen LogP contribution in [0, 0.1) is 5.92 Å². The zero-order valence-corrected chi connectivity index (χ0v) is 16.6. The summed E-state index contributed by atoms with van der Waals surface area (Å²) in [6.07, 6.45) is 7.09. The van der Waals surface area contributed by atoms with Crippen molar-refractivity contribution in [3.05, 3.63) is 58.6 Å². The van der Waals surface area contributed by atoms with E-state index in [-0.39, 0.29) is 10.9 Å². The lowest BCUT2D eigenvalue weighted by atomic mass is 9.89. The Kier molecular flexibility index (Phi) is 6.64. The van der Waals surface area contributed by atoms with Crippen LogP contribution in [0.1, 0.15) is 38.7 Å². The fourth-order valence-electron chi connectivity index (χ4n) is 2.95. The Hall–Kier alpha value is -1.13. The number of aryl methyl sites for hydroxylation is 1. The topological polar surface area (TPSA) is 34.1 Å². The van der Waals surface area contributed by atoms with Crippen LogP contribution in [0.5, 0.6) is 0 Å². The molecule has 1 heterocycles. The highest BCUT2D eigenvalue weighted by molar-refractivity contribution is 9.10. The van der Waals surface area contributed by atoms with E-state index < -0.39 is 10.7 Å². The molecule has 1 aliphatic rings. The standard InChI is InChI=1S/C20H23BrO2S/c1-4-14(2)13-20(3)18(22)17(19(23)24-20)8-6-5-7-15-9-11-16(21)12-10-15/h4,9-13,17H,1,5-8H2,2-3H3/t17?,20-/m1/s1. The van der Waals surface area contributed by atoms with E-state index in [1.54, 1.807) is 6.08 Å². The van der Waals surface area contributed by atoms with Crippen LogP contribution in [-0.2, 0) is 16.0 Å². The first-order valence-corrected chi connectivity index (χ1v) is 9.80. The van der Waals surface area contributed by atoms with Gasteiger partial charge in [-0.1, -0.05) is 70.5 Å². The molecule has 0 spiro atoms. The quantitative estimate of drug-likeness (QED) is 0.340. The molecule has 2 nitrogen and oxygen atoms in total. The number of hydrogen-bond donors (Lipinski definition) is 0. The molecule has 128 valence electrons. The number of thioether (sulfide) groups is 1. The fourth-order valence-corrected chi connectivity index (χ4v) is 4.49. The Labute approximate surface area is 156 Å². The minimum Gasteiger partial charge on any atom is -0.297 e. The third kappa shape index (κ3) is 4.70. The van der Waals surface area contributed by atoms with Gasteiger partial charge in [-0.2, -0.15) is 0 Å². The van der Waals surface area contributed by atoms with Crippen molar-refractivity contribution in [2.75, 3.05) is 0 Å². The van der Waals surface area contributed by atoms with Crippen molar-refractivity contribution >= 4 is 38.6 Å². The summed E-state index contributed by atoms with van der Waals surface area (Å²) >= 11 is 4.60. The fraction of sp³-hybridized carbons (Fsp3) is 0.400. The Morgan fingerprint density at radius 3 is 2.58 bits per heavy atom. The molecule has 1 saturated heterocycles. The molecule has 24 heavy (non-hydrogen) atoms. The zero-order chi connectivity index (χ0) is 17.7. The Morgan fingerprint density at radius 1 is 1.29 bits per heavy atom. The largest absolute Gasteiger partial charge is 0.297 e. The van der Waals surface area contributed by atoms with E-state index in [0.29, 0.717) is 6.42 Å². The van der Waals surface area contributed by atoms with Gasteiger partial charge in [0, 0.05) is 4.47 Å². The molecule has 1 aliphatic heterocycles. The van der Waals surface area contributed by atoms with Crippen LogP contribution < -0.4 is 0 Å². The molecule has 2 rings (SSSR count). The Balaban J connectivity index is 1.88. The molecule has 0 saturated carbocycles. The maximum Gasteiger partial charge on any atom is 0.200 e. The van der Waals surface area contributed by atoms with E-state index in [9.17, 15) is 9.59 Å². The van der Waals surface area contributed by atoms with Gasteiger partial charge < -0.3 is 0 Å². The average molecular weight is 407 g/mol. The van der Waals surface area contributed by atoms with E-state index >= 15 is 0 Å². The second-order valence-electron chi connectivity index (χ2n) is 6.41. The summed E-state index contributed by atoms with van der Waals surface area (Å²) in [5, 5.41) is 0.0132. The van der Waals surface area contributed by atoms with Crippen molar-refractivity contribution < 1.29 is 9.59 Å². The van der Waals surface area contributed by atoms with Gasteiger partial charge in [0.05, 0.1) is 10.7 Å². The number of carbonyl (C=O) groups excluding carboxylic acids is 2. The van der Waals surface area contributed by atoms with E-state index in [2.05, 4.69) is 34.6 Å². The SMILES string of the molecule is C=CC(C)=C[C@@]1(C)SC(=O)C(CCCCc2ccc(Br)cc2)C1=O. The second kappa shape index (κ2) is 8.30. The molecule has 1 unspecified atom stereocenters. The van der Waals surface area contributed by atoms with Gasteiger partial charge in [-0.05, 0) is 50.8 Å². The lowest BCUT2D eigenvalue weighted by molar-refractivity contribution is -0.127. The molecule has 1 aromatic rings. The number of rotatable bonds is 7. The lowest BCUT2D eigenvalue weighted by Crippen LogP contribution is -2.28. The third-order valence-corrected chi connectivity index (χ3v) is 6.11. The van der Waals surface area contributed by atoms with Gasteiger partial charge in [-0.15, -0.1) is 0 Å². The van der Waals surface area contributed by atoms with Crippen molar-refractivity contribution in [3.8, 4) is 0 Å². The van der Waals surface area contributed by atoms with Gasteiger partial charge in [-0.25, -0.2) is 0 Å². The zero-order valence-electron chi connectivity index (χ0n) is 14.2. The van der Waals surface area contributed by atoms with Crippen LogP contribution in [0.15, 0.2) is 53.0 Å². The molecule has 2 atom stereocenters. The number of ketones is 1. The molecule has 0 aromatic heterocycles. The van der Waals surface area contributed by atoms with Crippen LogP contribution in [0.2, 0.25) is 0 Å². The maximum atomic E-state index is 12.7. The minimum absolute atomic E-state index is 0.0132. The number of benzene rings is 1. The number of Topliss-reactive ketones (excluding diaryl/α,β-unsaturated/α-hetero) is 1. The number of hydrogen-bond acceptors (Lipinski definition) is 3. The molecule has 4 heteroatoms. The van der Waals surface area contributed by atoms with Crippen molar-refractivity contribution in [1.29, 1.82) is 0 Å². The van der Waals surface area contributed by atoms with Gasteiger partial charge in [0.25, 0.3) is 0 Å². The van der Waals surface area contributed by atoms with Gasteiger partial charge in [0.1, 0.15) is 0 Å². The van der Waals surface area contributed by atoms with Crippen LogP contribution in [0.25, 0.3) is 0 Å². The Morgan fingerprint density at radius 2 is 1.96 bits per heavy atom. The van der Waals surface area contributed by atoms with E-state index in [4.69, 9.17) is 0 Å². The predicted molar refractivity (Wildman–Crippen MR) is 105 cm³/mol. The summed E-state index contributed by atoms with van der Waals surface area (Å²) < 4.78 is 0.346. The first kappa shape index (κ1) is 19.2. The highest BCUT2D eigenvalue weighted by Gasteiger charge is 2.48. The van der Waals surface area contributed by atoms with Crippen molar-refractivity contribution in [2.45, 2.75) is 44.3 Å². The molecule has 0 aliphatic carbocycles. The smallest absolute Gasteiger partial charge is 0.200 e. The molecule has 0 amide bonds. The van der Waals surface area contributed by atoms with E-state index in [0.717, 1.165) is 29.3 Å². The van der Waals surface area contributed by atoms with Gasteiger partial charge in [-0.3, -0.25) is 9.59 Å². The van der Waals surface area contributed by atoms with Crippen LogP contribution >= 0.6 is 27.7 Å². The van der Waals surface area contributed by atoms with E-state index in [1.165, 1.54) is 17.3 Å². The van der Waals surface area contributed by atoms with Crippen LogP contribution in [0.4, 0.5) is 0 Å². The molecular formula is C20H23BrO2S. The summed E-state index contributed by atoms with van der Waals surface area (Å²) in [4.78, 5) is 24.9. The van der Waals surface area contributed by atoms with E-state index in [1.807, 2.05) is 32.1 Å². The average Bonchev–Trinajstić information content (AvgIpc) is 2.75. The van der Waals surface area contributed by atoms with Crippen molar-refractivity contribution in [1.82, 2.24) is 0 Å². The first-order chi connectivity index (χ1) is 11.4. The molecule has 1 aromatic carbocycles. The number of allylic oxidation sites excluding steroid dienone is 2. The second-order valence-corrected chi connectivity index (χ2v) is 8.78. The molecule has 0 radical (unpaired) electrons. The van der Waals surface area contributed by atoms with Gasteiger partial charge >= 0.3 is 0 Å². The number of halogens is 1. The first-order valence-electron chi connectivity index (χ1n) is 8.19. The van der Waals surface area contributed by atoms with Crippen molar-refractivity contribution in [2.24, 2.45) is 5.92 Å². The minimum atomic E-state index is -0.730. The molecule has 0 N–H and O–H groups in total. The normalized spacial score (nSPS) is 24.5.